The first kappa shape index (κ1) is 21.0. The van der Waals surface area contributed by atoms with Gasteiger partial charge in [-0.2, -0.15) is 0 Å². The molecule has 2 N–H and O–H groups in total. The van der Waals surface area contributed by atoms with Gasteiger partial charge in [0, 0.05) is 41.3 Å². The van der Waals surface area contributed by atoms with Crippen molar-refractivity contribution in [3.8, 4) is 0 Å². The number of benzene rings is 2. The van der Waals surface area contributed by atoms with Crippen molar-refractivity contribution in [2.75, 3.05) is 10.6 Å². The first-order valence-corrected chi connectivity index (χ1v) is 9.25. The van der Waals surface area contributed by atoms with Gasteiger partial charge < -0.3 is 10.6 Å². The molecule has 3 rings (SSSR count). The Labute approximate surface area is 172 Å². The van der Waals surface area contributed by atoms with E-state index in [1.54, 1.807) is 19.1 Å². The predicted octanol–water partition coefficient (Wildman–Crippen LogP) is 4.69. The third-order valence-corrected chi connectivity index (χ3v) is 4.38. The molecule has 0 spiro atoms. The molecule has 0 aliphatic rings. The highest BCUT2D eigenvalue weighted by molar-refractivity contribution is 6.07. The number of carbonyl (C=O) groups is 2. The van der Waals surface area contributed by atoms with Gasteiger partial charge in [-0.05, 0) is 36.8 Å². The molecule has 30 heavy (non-hydrogen) atoms. The topological polar surface area (TPSA) is 84.0 Å². The number of carbonyl (C=O) groups excluding carboxylic acids is 2. The van der Waals surface area contributed by atoms with Crippen LogP contribution in [-0.4, -0.2) is 21.8 Å². The lowest BCUT2D eigenvalue weighted by Gasteiger charge is -2.11. The Morgan fingerprint density at radius 1 is 0.867 bits per heavy atom. The van der Waals surface area contributed by atoms with E-state index in [2.05, 4.69) is 20.6 Å². The van der Waals surface area contributed by atoms with Gasteiger partial charge in [-0.1, -0.05) is 19.9 Å². The van der Waals surface area contributed by atoms with Crippen molar-refractivity contribution in [2.45, 2.75) is 26.7 Å². The first-order chi connectivity index (χ1) is 14.2. The molecule has 0 radical (unpaired) electrons. The van der Waals surface area contributed by atoms with E-state index in [9.17, 15) is 18.4 Å². The van der Waals surface area contributed by atoms with Gasteiger partial charge in [0.05, 0.1) is 5.56 Å². The number of rotatable bonds is 5. The zero-order valence-corrected chi connectivity index (χ0v) is 16.7. The van der Waals surface area contributed by atoms with Gasteiger partial charge in [0.1, 0.15) is 5.82 Å². The van der Waals surface area contributed by atoms with Crippen molar-refractivity contribution in [3.05, 3.63) is 82.9 Å². The van der Waals surface area contributed by atoms with Gasteiger partial charge in [-0.3, -0.25) is 9.59 Å². The lowest BCUT2D eigenvalue weighted by Crippen LogP contribution is -2.16. The number of hydrogen-bond donors (Lipinski definition) is 2. The van der Waals surface area contributed by atoms with E-state index >= 15 is 0 Å². The smallest absolute Gasteiger partial charge is 0.258 e. The molecule has 0 aliphatic heterocycles. The number of aryl methyl sites for hydroxylation is 1. The summed E-state index contributed by atoms with van der Waals surface area (Å²) in [6, 6.07) is 7.83. The summed E-state index contributed by atoms with van der Waals surface area (Å²) in [6.07, 6.45) is 2.90. The number of anilines is 2. The van der Waals surface area contributed by atoms with Crippen LogP contribution in [0.2, 0.25) is 0 Å². The zero-order valence-electron chi connectivity index (χ0n) is 16.7. The highest BCUT2D eigenvalue weighted by Gasteiger charge is 2.14. The summed E-state index contributed by atoms with van der Waals surface area (Å²) in [6.45, 7) is 5.69. The summed E-state index contributed by atoms with van der Waals surface area (Å²) >= 11 is 0. The quantitative estimate of drug-likeness (QED) is 0.639. The third-order valence-electron chi connectivity index (χ3n) is 4.38. The second-order valence-electron chi connectivity index (χ2n) is 7.05. The second-order valence-corrected chi connectivity index (χ2v) is 7.05. The molecule has 0 unspecified atom stereocenters. The Morgan fingerprint density at radius 3 is 2.17 bits per heavy atom. The molecule has 0 saturated carbocycles. The molecular weight excluding hydrogens is 390 g/mol. The van der Waals surface area contributed by atoms with Gasteiger partial charge in [0.25, 0.3) is 11.8 Å². The monoisotopic (exact) mass is 410 g/mol. The number of aromatic nitrogens is 2. The molecule has 0 atom stereocenters. The van der Waals surface area contributed by atoms with Crippen molar-refractivity contribution >= 4 is 23.2 Å². The number of nitrogens with zero attached hydrogens (tertiary/aromatic N) is 2. The maximum absolute atomic E-state index is 13.3. The molecule has 0 aliphatic carbocycles. The fourth-order valence-corrected chi connectivity index (χ4v) is 2.62. The van der Waals surface area contributed by atoms with Crippen molar-refractivity contribution in [1.82, 2.24) is 9.97 Å². The van der Waals surface area contributed by atoms with Crippen molar-refractivity contribution in [1.29, 1.82) is 0 Å². The van der Waals surface area contributed by atoms with E-state index in [-0.39, 0.29) is 22.7 Å². The van der Waals surface area contributed by atoms with Crippen LogP contribution in [0.5, 0.6) is 0 Å². The lowest BCUT2D eigenvalue weighted by atomic mass is 10.1. The molecule has 154 valence electrons. The number of amides is 2. The van der Waals surface area contributed by atoms with Crippen LogP contribution in [0.4, 0.5) is 20.2 Å². The Morgan fingerprint density at radius 2 is 1.53 bits per heavy atom. The molecule has 1 heterocycles. The summed E-state index contributed by atoms with van der Waals surface area (Å²) in [5.41, 5.74) is 1.83. The standard InChI is InChI=1S/C22H20F2N4O2/c1-12(2)20-25-10-15(11-26-20)22(30)28-19-8-14(5-4-13(19)3)21(29)27-16-6-7-17(23)18(24)9-16/h4-12H,1-3H3,(H,27,29)(H,28,30). The van der Waals surface area contributed by atoms with E-state index in [0.717, 1.165) is 17.7 Å². The van der Waals surface area contributed by atoms with Crippen molar-refractivity contribution in [2.24, 2.45) is 0 Å². The number of hydrogen-bond acceptors (Lipinski definition) is 4. The molecule has 6 nitrogen and oxygen atoms in total. The van der Waals surface area contributed by atoms with E-state index in [0.29, 0.717) is 11.5 Å². The van der Waals surface area contributed by atoms with Gasteiger partial charge in [-0.25, -0.2) is 18.7 Å². The molecule has 0 fully saturated rings. The second kappa shape index (κ2) is 8.77. The molecule has 0 saturated heterocycles. The van der Waals surface area contributed by atoms with E-state index in [1.807, 2.05) is 13.8 Å². The van der Waals surface area contributed by atoms with Crippen molar-refractivity contribution in [3.63, 3.8) is 0 Å². The summed E-state index contributed by atoms with van der Waals surface area (Å²) in [5, 5.41) is 5.24. The van der Waals surface area contributed by atoms with E-state index < -0.39 is 23.4 Å². The Balaban J connectivity index is 1.76. The highest BCUT2D eigenvalue weighted by Crippen LogP contribution is 2.20. The van der Waals surface area contributed by atoms with E-state index in [4.69, 9.17) is 0 Å². The van der Waals surface area contributed by atoms with Crippen LogP contribution in [0.1, 0.15) is 51.9 Å². The number of nitrogens with one attached hydrogen (secondary N) is 2. The average molecular weight is 410 g/mol. The molecular formula is C22H20F2N4O2. The molecule has 0 bridgehead atoms. The van der Waals surface area contributed by atoms with Gasteiger partial charge >= 0.3 is 0 Å². The Kier molecular flexibility index (Phi) is 6.15. The molecule has 8 heteroatoms. The molecule has 2 amide bonds. The maximum atomic E-state index is 13.3. The Bertz CT molecular complexity index is 1100. The third kappa shape index (κ3) is 4.83. The van der Waals surface area contributed by atoms with Crippen LogP contribution in [-0.2, 0) is 0 Å². The SMILES string of the molecule is Cc1ccc(C(=O)Nc2ccc(F)c(F)c2)cc1NC(=O)c1cnc(C(C)C)nc1. The van der Waals surface area contributed by atoms with Crippen molar-refractivity contribution < 1.29 is 18.4 Å². The minimum Gasteiger partial charge on any atom is -0.322 e. The summed E-state index contributed by atoms with van der Waals surface area (Å²) < 4.78 is 26.4. The largest absolute Gasteiger partial charge is 0.322 e. The summed E-state index contributed by atoms with van der Waals surface area (Å²) in [5.74, 6) is -2.21. The molecule has 2 aromatic carbocycles. The summed E-state index contributed by atoms with van der Waals surface area (Å²) in [4.78, 5) is 33.3. The fourth-order valence-electron chi connectivity index (χ4n) is 2.62. The minimum atomic E-state index is -1.06. The predicted molar refractivity (Wildman–Crippen MR) is 110 cm³/mol. The van der Waals surface area contributed by atoms with Gasteiger partial charge in [0.2, 0.25) is 0 Å². The van der Waals surface area contributed by atoms with Gasteiger partial charge in [-0.15, -0.1) is 0 Å². The highest BCUT2D eigenvalue weighted by atomic mass is 19.2. The van der Waals surface area contributed by atoms with Crippen LogP contribution in [0.25, 0.3) is 0 Å². The van der Waals surface area contributed by atoms with Crippen LogP contribution >= 0.6 is 0 Å². The molecule has 3 aromatic rings. The van der Waals surface area contributed by atoms with Crippen LogP contribution in [0.15, 0.2) is 48.8 Å². The Hall–Kier alpha value is -3.68. The van der Waals surface area contributed by atoms with E-state index in [1.165, 1.54) is 24.5 Å². The zero-order chi connectivity index (χ0) is 21.8. The minimum absolute atomic E-state index is 0.118. The fraction of sp³-hybridized carbons (Fsp3) is 0.182. The van der Waals surface area contributed by atoms with Crippen LogP contribution in [0.3, 0.4) is 0 Å². The first-order valence-electron chi connectivity index (χ1n) is 9.25. The lowest BCUT2D eigenvalue weighted by molar-refractivity contribution is 0.101. The maximum Gasteiger partial charge on any atom is 0.258 e. The average Bonchev–Trinajstić information content (AvgIpc) is 2.72. The normalized spacial score (nSPS) is 10.7. The summed E-state index contributed by atoms with van der Waals surface area (Å²) in [7, 11) is 0. The number of halogens is 2. The molecule has 1 aromatic heterocycles. The van der Waals surface area contributed by atoms with Gasteiger partial charge in [0.15, 0.2) is 11.6 Å². The van der Waals surface area contributed by atoms with Crippen LogP contribution in [0, 0.1) is 18.6 Å². The van der Waals surface area contributed by atoms with Crippen LogP contribution < -0.4 is 10.6 Å².